The molecule has 3 unspecified atom stereocenters. The molecule has 1 amide bonds. The van der Waals surface area contributed by atoms with Crippen LogP contribution in [-0.2, 0) is 15.5 Å². The Labute approximate surface area is 160 Å². The Morgan fingerprint density at radius 3 is 2.62 bits per heavy atom. The van der Waals surface area contributed by atoms with Crippen molar-refractivity contribution in [2.24, 2.45) is 4.99 Å². The number of aliphatic imine (C=N–C) groups is 1. The molecular formula is C18H36N4O3S. The third-order valence-corrected chi connectivity index (χ3v) is 6.03. The van der Waals surface area contributed by atoms with Gasteiger partial charge in [-0.05, 0) is 40.0 Å². The van der Waals surface area contributed by atoms with E-state index >= 15 is 0 Å². The molecule has 152 valence electrons. The van der Waals surface area contributed by atoms with Crippen LogP contribution in [-0.4, -0.2) is 71.0 Å². The molecule has 1 aliphatic carbocycles. The van der Waals surface area contributed by atoms with Gasteiger partial charge in [-0.3, -0.25) is 9.20 Å². The van der Waals surface area contributed by atoms with Crippen LogP contribution in [0.25, 0.3) is 0 Å². The van der Waals surface area contributed by atoms with E-state index in [1.165, 1.54) is 0 Å². The molecule has 7 nitrogen and oxygen atoms in total. The number of guanidine groups is 1. The molecule has 0 radical (unpaired) electrons. The number of carbonyl (C=O) groups excluding carboxylic acids is 1. The lowest BCUT2D eigenvalue weighted by Crippen LogP contribution is -2.48. The maximum atomic E-state index is 12.1. The van der Waals surface area contributed by atoms with Gasteiger partial charge in [-0.2, -0.15) is 0 Å². The number of amides is 1. The molecule has 0 aromatic heterocycles. The topological polar surface area (TPSA) is 83.0 Å². The number of likely N-dealkylation sites (N-methyl/N-ethyl adjacent to an activating group) is 1. The minimum Gasteiger partial charge on any atom is -0.444 e. The molecule has 3 atom stereocenters. The quantitative estimate of drug-likeness (QED) is 0.538. The maximum Gasteiger partial charge on any atom is 0.410 e. The summed E-state index contributed by atoms with van der Waals surface area (Å²) >= 11 is 0. The van der Waals surface area contributed by atoms with Crippen molar-refractivity contribution in [1.29, 1.82) is 0 Å². The zero-order chi connectivity index (χ0) is 19.7. The Morgan fingerprint density at radius 2 is 2.04 bits per heavy atom. The Bertz CT molecular complexity index is 505. The minimum atomic E-state index is -0.735. The van der Waals surface area contributed by atoms with E-state index in [1.807, 2.05) is 27.7 Å². The number of nitrogens with one attached hydrogen (secondary N) is 2. The van der Waals surface area contributed by atoms with Gasteiger partial charge in [0, 0.05) is 55.0 Å². The molecule has 1 saturated carbocycles. The Hall–Kier alpha value is -1.31. The highest BCUT2D eigenvalue weighted by molar-refractivity contribution is 7.85. The van der Waals surface area contributed by atoms with Crippen LogP contribution < -0.4 is 10.6 Å². The van der Waals surface area contributed by atoms with Crippen LogP contribution in [0.15, 0.2) is 4.99 Å². The summed E-state index contributed by atoms with van der Waals surface area (Å²) in [5.41, 5.74) is -0.494. The highest BCUT2D eigenvalue weighted by Crippen LogP contribution is 2.22. The van der Waals surface area contributed by atoms with Crippen LogP contribution in [0.3, 0.4) is 0 Å². The molecule has 1 aliphatic rings. The predicted molar refractivity (Wildman–Crippen MR) is 108 cm³/mol. The predicted octanol–water partition coefficient (Wildman–Crippen LogP) is 2.10. The number of carbonyl (C=O) groups is 1. The molecular weight excluding hydrogens is 352 g/mol. The monoisotopic (exact) mass is 388 g/mol. The fourth-order valence-corrected chi connectivity index (χ4v) is 4.26. The average molecular weight is 389 g/mol. The Balaban J connectivity index is 2.39. The molecule has 0 aromatic rings. The van der Waals surface area contributed by atoms with Crippen LogP contribution in [0.5, 0.6) is 0 Å². The van der Waals surface area contributed by atoms with E-state index < -0.39 is 16.4 Å². The molecule has 1 fully saturated rings. The first kappa shape index (κ1) is 22.7. The summed E-state index contributed by atoms with van der Waals surface area (Å²) in [6.07, 6.45) is 3.78. The normalized spacial score (nSPS) is 22.5. The lowest BCUT2D eigenvalue weighted by atomic mass is 9.95. The zero-order valence-corrected chi connectivity index (χ0v) is 17.9. The number of ether oxygens (including phenoxy) is 1. The van der Waals surface area contributed by atoms with E-state index in [2.05, 4.69) is 15.6 Å². The lowest BCUT2D eigenvalue weighted by Gasteiger charge is -2.30. The highest BCUT2D eigenvalue weighted by atomic mass is 32.2. The van der Waals surface area contributed by atoms with E-state index in [9.17, 15) is 9.00 Å². The molecule has 0 spiro atoms. The van der Waals surface area contributed by atoms with E-state index in [4.69, 9.17) is 4.74 Å². The largest absolute Gasteiger partial charge is 0.444 e. The van der Waals surface area contributed by atoms with E-state index in [1.54, 1.807) is 19.0 Å². The highest BCUT2D eigenvalue weighted by Gasteiger charge is 2.26. The second-order valence-corrected chi connectivity index (χ2v) is 9.71. The van der Waals surface area contributed by atoms with Crippen molar-refractivity contribution in [3.8, 4) is 0 Å². The van der Waals surface area contributed by atoms with Gasteiger partial charge in [-0.15, -0.1) is 0 Å². The summed E-state index contributed by atoms with van der Waals surface area (Å²) in [4.78, 5) is 17.8. The second-order valence-electron chi connectivity index (χ2n) is 7.70. The molecule has 0 bridgehead atoms. The second kappa shape index (κ2) is 10.7. The summed E-state index contributed by atoms with van der Waals surface area (Å²) < 4.78 is 17.4. The zero-order valence-electron chi connectivity index (χ0n) is 17.1. The summed E-state index contributed by atoms with van der Waals surface area (Å²) in [6, 6.07) is 0.291. The van der Waals surface area contributed by atoms with Gasteiger partial charge in [0.05, 0.1) is 0 Å². The number of hydrogen-bond acceptors (Lipinski definition) is 4. The fraction of sp³-hybridized carbons (Fsp3) is 0.889. The maximum absolute atomic E-state index is 12.1. The average Bonchev–Trinajstić information content (AvgIpc) is 2.58. The van der Waals surface area contributed by atoms with Crippen LogP contribution in [0.4, 0.5) is 4.79 Å². The van der Waals surface area contributed by atoms with Gasteiger partial charge in [0.2, 0.25) is 0 Å². The van der Waals surface area contributed by atoms with Crippen molar-refractivity contribution < 1.29 is 13.7 Å². The van der Waals surface area contributed by atoms with Crippen molar-refractivity contribution in [3.05, 3.63) is 0 Å². The van der Waals surface area contributed by atoms with Crippen molar-refractivity contribution in [3.63, 3.8) is 0 Å². The van der Waals surface area contributed by atoms with Crippen molar-refractivity contribution in [2.45, 2.75) is 70.3 Å². The summed E-state index contributed by atoms with van der Waals surface area (Å²) in [7, 11) is 2.72. The van der Waals surface area contributed by atoms with Crippen molar-refractivity contribution >= 4 is 22.9 Å². The first-order chi connectivity index (χ1) is 12.2. The SMILES string of the molecule is CCS(=O)C1CCCC(NC(=NC)NCCN(C)C(=O)OC(C)(C)C)C1. The third-order valence-electron chi connectivity index (χ3n) is 4.29. The number of hydrogen-bond donors (Lipinski definition) is 2. The molecule has 8 heteroatoms. The summed E-state index contributed by atoms with van der Waals surface area (Å²) in [5, 5.41) is 6.94. The molecule has 0 aromatic carbocycles. The smallest absolute Gasteiger partial charge is 0.410 e. The van der Waals surface area contributed by atoms with Crippen LogP contribution in [0.1, 0.15) is 53.4 Å². The van der Waals surface area contributed by atoms with Crippen LogP contribution in [0.2, 0.25) is 0 Å². The molecule has 0 aliphatic heterocycles. The van der Waals surface area contributed by atoms with Gasteiger partial charge in [0.1, 0.15) is 5.60 Å². The minimum absolute atomic E-state index is 0.280. The fourth-order valence-electron chi connectivity index (χ4n) is 2.91. The number of nitrogens with zero attached hydrogens (tertiary/aromatic N) is 2. The molecule has 0 heterocycles. The molecule has 0 saturated heterocycles. The van der Waals surface area contributed by atoms with Gasteiger partial charge in [-0.25, -0.2) is 4.79 Å². The first-order valence-corrected chi connectivity index (χ1v) is 10.8. The van der Waals surface area contributed by atoms with E-state index in [0.717, 1.165) is 37.4 Å². The Morgan fingerprint density at radius 1 is 1.35 bits per heavy atom. The van der Waals surface area contributed by atoms with E-state index in [0.29, 0.717) is 19.1 Å². The van der Waals surface area contributed by atoms with Crippen LogP contribution in [0, 0.1) is 0 Å². The van der Waals surface area contributed by atoms with Gasteiger partial charge >= 0.3 is 6.09 Å². The van der Waals surface area contributed by atoms with Gasteiger partial charge in [0.25, 0.3) is 0 Å². The summed E-state index contributed by atoms with van der Waals surface area (Å²) in [6.45, 7) is 8.63. The van der Waals surface area contributed by atoms with Crippen LogP contribution >= 0.6 is 0 Å². The summed E-state index contributed by atoms with van der Waals surface area (Å²) in [5.74, 6) is 1.44. The van der Waals surface area contributed by atoms with Gasteiger partial charge in [-0.1, -0.05) is 13.3 Å². The van der Waals surface area contributed by atoms with E-state index in [-0.39, 0.29) is 11.3 Å². The first-order valence-electron chi connectivity index (χ1n) is 9.44. The van der Waals surface area contributed by atoms with Gasteiger partial charge in [0.15, 0.2) is 5.96 Å². The standard InChI is InChI=1S/C18H36N4O3S/c1-7-26(24)15-10-8-9-14(13-15)21-16(19-5)20-11-12-22(6)17(23)25-18(2,3)4/h14-15H,7-13H2,1-6H3,(H2,19,20,21). The third kappa shape index (κ3) is 8.38. The molecule has 2 N–H and O–H groups in total. The Kier molecular flexibility index (Phi) is 9.39. The molecule has 26 heavy (non-hydrogen) atoms. The lowest BCUT2D eigenvalue weighted by molar-refractivity contribution is 0.0302. The van der Waals surface area contributed by atoms with Crippen molar-refractivity contribution in [2.75, 3.05) is 32.9 Å². The molecule has 1 rings (SSSR count). The van der Waals surface area contributed by atoms with Crippen molar-refractivity contribution in [1.82, 2.24) is 15.5 Å². The number of rotatable bonds is 6. The van der Waals surface area contributed by atoms with Gasteiger partial charge < -0.3 is 20.3 Å².